The molecule has 0 bridgehead atoms. The Morgan fingerprint density at radius 2 is 1.93 bits per heavy atom. The van der Waals surface area contributed by atoms with Gasteiger partial charge in [-0.2, -0.15) is 5.26 Å². The maximum atomic E-state index is 12.4. The average Bonchev–Trinajstić information content (AvgIpc) is 3.24. The molecule has 1 aliphatic rings. The van der Waals surface area contributed by atoms with Crippen molar-refractivity contribution in [3.63, 3.8) is 0 Å². The minimum absolute atomic E-state index is 0.0897. The second-order valence-electron chi connectivity index (χ2n) is 6.81. The van der Waals surface area contributed by atoms with Crippen LogP contribution in [0.1, 0.15) is 36.8 Å². The number of amides is 1. The van der Waals surface area contributed by atoms with Gasteiger partial charge >= 0.3 is 0 Å². The lowest BCUT2D eigenvalue weighted by atomic mass is 10.1. The molecule has 3 rings (SSSR count). The molecule has 0 unspecified atom stereocenters. The van der Waals surface area contributed by atoms with Crippen molar-refractivity contribution >= 4 is 12.0 Å². The molecule has 0 saturated heterocycles. The van der Waals surface area contributed by atoms with Gasteiger partial charge in [0.2, 0.25) is 0 Å². The Bertz CT molecular complexity index is 878. The monoisotopic (exact) mass is 376 g/mol. The van der Waals surface area contributed by atoms with Crippen molar-refractivity contribution in [1.82, 2.24) is 5.32 Å². The number of hydrogen-bond acceptors (Lipinski definition) is 4. The van der Waals surface area contributed by atoms with Crippen molar-refractivity contribution in [2.24, 2.45) is 0 Å². The van der Waals surface area contributed by atoms with Crippen LogP contribution >= 0.6 is 0 Å². The Morgan fingerprint density at radius 1 is 1.18 bits per heavy atom. The van der Waals surface area contributed by atoms with Crippen LogP contribution in [0.3, 0.4) is 0 Å². The lowest BCUT2D eigenvalue weighted by Crippen LogP contribution is -2.33. The molecule has 1 aliphatic carbocycles. The highest BCUT2D eigenvalue weighted by Crippen LogP contribution is 2.29. The molecule has 1 saturated carbocycles. The van der Waals surface area contributed by atoms with E-state index in [1.165, 1.54) is 0 Å². The highest BCUT2D eigenvalue weighted by atomic mass is 16.5. The number of carbonyl (C=O) groups is 1. The third-order valence-corrected chi connectivity index (χ3v) is 4.79. The fourth-order valence-corrected chi connectivity index (χ4v) is 3.28. The van der Waals surface area contributed by atoms with E-state index in [1.54, 1.807) is 25.3 Å². The molecule has 0 spiro atoms. The van der Waals surface area contributed by atoms with Gasteiger partial charge in [-0.15, -0.1) is 0 Å². The summed E-state index contributed by atoms with van der Waals surface area (Å²) in [6.45, 7) is 0.430. The lowest BCUT2D eigenvalue weighted by molar-refractivity contribution is -0.117. The van der Waals surface area contributed by atoms with Gasteiger partial charge in [0.05, 0.1) is 7.11 Å². The van der Waals surface area contributed by atoms with Gasteiger partial charge in [0, 0.05) is 6.04 Å². The van der Waals surface area contributed by atoms with Gasteiger partial charge in [-0.05, 0) is 42.2 Å². The summed E-state index contributed by atoms with van der Waals surface area (Å²) >= 11 is 0. The summed E-state index contributed by atoms with van der Waals surface area (Å²) in [4.78, 5) is 12.4. The van der Waals surface area contributed by atoms with E-state index in [1.807, 2.05) is 42.5 Å². The summed E-state index contributed by atoms with van der Waals surface area (Å²) in [5.41, 5.74) is 1.86. The molecule has 1 N–H and O–H groups in total. The van der Waals surface area contributed by atoms with Crippen LogP contribution in [0.5, 0.6) is 11.5 Å². The average molecular weight is 376 g/mol. The highest BCUT2D eigenvalue weighted by molar-refractivity contribution is 6.01. The topological polar surface area (TPSA) is 71.3 Å². The van der Waals surface area contributed by atoms with Gasteiger partial charge in [-0.1, -0.05) is 49.2 Å². The number of methoxy groups -OCH3 is 1. The Kier molecular flexibility index (Phi) is 6.69. The first-order chi connectivity index (χ1) is 13.7. The fraction of sp³-hybridized carbons (Fsp3) is 0.304. The molecule has 0 radical (unpaired) electrons. The number of hydrogen-bond donors (Lipinski definition) is 1. The second-order valence-corrected chi connectivity index (χ2v) is 6.81. The van der Waals surface area contributed by atoms with E-state index in [0.717, 1.165) is 31.2 Å². The fourth-order valence-electron chi connectivity index (χ4n) is 3.28. The molecule has 1 amide bonds. The molecule has 2 aromatic rings. The summed E-state index contributed by atoms with van der Waals surface area (Å²) in [5, 5.41) is 12.3. The molecule has 144 valence electrons. The van der Waals surface area contributed by atoms with E-state index in [4.69, 9.17) is 9.47 Å². The van der Waals surface area contributed by atoms with Crippen LogP contribution in [0, 0.1) is 11.3 Å². The van der Waals surface area contributed by atoms with Crippen molar-refractivity contribution in [3.05, 3.63) is 65.2 Å². The zero-order chi connectivity index (χ0) is 19.8. The molecule has 0 heterocycles. The molecule has 0 atom stereocenters. The van der Waals surface area contributed by atoms with E-state index in [2.05, 4.69) is 5.32 Å². The van der Waals surface area contributed by atoms with Crippen molar-refractivity contribution in [1.29, 1.82) is 5.26 Å². The largest absolute Gasteiger partial charge is 0.493 e. The number of rotatable bonds is 7. The normalized spacial score (nSPS) is 14.4. The van der Waals surface area contributed by atoms with E-state index in [-0.39, 0.29) is 17.5 Å². The molecule has 5 heteroatoms. The minimum atomic E-state index is -0.322. The third kappa shape index (κ3) is 5.14. The van der Waals surface area contributed by atoms with Crippen molar-refractivity contribution in [3.8, 4) is 17.6 Å². The smallest absolute Gasteiger partial charge is 0.262 e. The van der Waals surface area contributed by atoms with Crippen molar-refractivity contribution in [2.45, 2.75) is 38.3 Å². The van der Waals surface area contributed by atoms with Crippen LogP contribution in [0.25, 0.3) is 6.08 Å². The quantitative estimate of drug-likeness (QED) is 0.579. The number of nitrogens with one attached hydrogen (secondary N) is 1. The molecule has 0 aromatic heterocycles. The predicted octanol–water partition coefficient (Wildman–Crippen LogP) is 4.24. The first kappa shape index (κ1) is 19.5. The van der Waals surface area contributed by atoms with Crippen LogP contribution in [0.4, 0.5) is 0 Å². The number of benzene rings is 2. The molecule has 0 aliphatic heterocycles. The predicted molar refractivity (Wildman–Crippen MR) is 108 cm³/mol. The third-order valence-electron chi connectivity index (χ3n) is 4.79. The van der Waals surface area contributed by atoms with Crippen molar-refractivity contribution < 1.29 is 14.3 Å². The van der Waals surface area contributed by atoms with Gasteiger partial charge in [-0.25, -0.2) is 0 Å². The Morgan fingerprint density at radius 3 is 2.61 bits per heavy atom. The molecule has 28 heavy (non-hydrogen) atoms. The minimum Gasteiger partial charge on any atom is -0.493 e. The van der Waals surface area contributed by atoms with Gasteiger partial charge in [0.1, 0.15) is 18.2 Å². The lowest BCUT2D eigenvalue weighted by Gasteiger charge is -2.12. The maximum Gasteiger partial charge on any atom is 0.262 e. The van der Waals surface area contributed by atoms with E-state index in [0.29, 0.717) is 23.7 Å². The summed E-state index contributed by atoms with van der Waals surface area (Å²) < 4.78 is 11.3. The van der Waals surface area contributed by atoms with Gasteiger partial charge in [0.15, 0.2) is 11.5 Å². The molecule has 5 nitrogen and oxygen atoms in total. The second kappa shape index (κ2) is 9.61. The Balaban J connectivity index is 1.71. The maximum absolute atomic E-state index is 12.4. The van der Waals surface area contributed by atoms with Gasteiger partial charge < -0.3 is 14.8 Å². The molecular weight excluding hydrogens is 352 g/mol. The van der Waals surface area contributed by atoms with E-state index in [9.17, 15) is 10.1 Å². The molecule has 1 fully saturated rings. The first-order valence-corrected chi connectivity index (χ1v) is 9.47. The van der Waals surface area contributed by atoms with Gasteiger partial charge in [0.25, 0.3) is 5.91 Å². The van der Waals surface area contributed by atoms with Gasteiger partial charge in [-0.3, -0.25) is 4.79 Å². The summed E-state index contributed by atoms with van der Waals surface area (Å²) in [6.07, 6.45) is 5.78. The number of nitriles is 1. The SMILES string of the molecule is COc1cc(/C=C(/C#N)C(=O)NC2CCCC2)ccc1OCc1ccccc1. The van der Waals surface area contributed by atoms with Crippen LogP contribution in [-0.2, 0) is 11.4 Å². The summed E-state index contributed by atoms with van der Waals surface area (Å²) in [5.74, 6) is 0.841. The van der Waals surface area contributed by atoms with E-state index >= 15 is 0 Å². The van der Waals surface area contributed by atoms with Crippen LogP contribution in [-0.4, -0.2) is 19.1 Å². The van der Waals surface area contributed by atoms with Crippen LogP contribution in [0.2, 0.25) is 0 Å². The number of nitrogens with zero attached hydrogens (tertiary/aromatic N) is 1. The summed E-state index contributed by atoms with van der Waals surface area (Å²) in [7, 11) is 1.57. The number of ether oxygens (including phenoxy) is 2. The zero-order valence-electron chi connectivity index (χ0n) is 16.0. The van der Waals surface area contributed by atoms with Crippen molar-refractivity contribution in [2.75, 3.05) is 7.11 Å². The van der Waals surface area contributed by atoms with E-state index < -0.39 is 0 Å². The standard InChI is InChI=1S/C23H24N2O3/c1-27-22-14-18(11-12-21(22)28-16-17-7-3-2-4-8-17)13-19(15-24)23(26)25-20-9-5-6-10-20/h2-4,7-8,11-14,20H,5-6,9-10,16H2,1H3,(H,25,26)/b19-13-. The highest BCUT2D eigenvalue weighted by Gasteiger charge is 2.19. The molecule has 2 aromatic carbocycles. The molecular formula is C23H24N2O3. The first-order valence-electron chi connectivity index (χ1n) is 9.47. The summed E-state index contributed by atoms with van der Waals surface area (Å²) in [6, 6.07) is 17.4. The Labute approximate surface area is 165 Å². The van der Waals surface area contributed by atoms with Crippen LogP contribution < -0.4 is 14.8 Å². The Hall–Kier alpha value is -3.26. The zero-order valence-corrected chi connectivity index (χ0v) is 16.0. The number of carbonyl (C=O) groups excluding carboxylic acids is 1. The van der Waals surface area contributed by atoms with Crippen LogP contribution in [0.15, 0.2) is 54.1 Å².